The van der Waals surface area contributed by atoms with Gasteiger partial charge in [0.15, 0.2) is 0 Å². The average Bonchev–Trinajstić information content (AvgIpc) is 2.23. The van der Waals surface area contributed by atoms with E-state index in [2.05, 4.69) is 9.72 Å². The van der Waals surface area contributed by atoms with Crippen molar-refractivity contribution in [3.63, 3.8) is 0 Å². The molecule has 80 valence electrons. The Labute approximate surface area is 86.6 Å². The first kappa shape index (κ1) is 11.2. The summed E-state index contributed by atoms with van der Waals surface area (Å²) in [6.07, 6.45) is 4.22. The maximum absolute atomic E-state index is 12.8. The lowest BCUT2D eigenvalue weighted by Gasteiger charge is -1.98. The molecule has 1 aromatic heterocycles. The highest BCUT2D eigenvalue weighted by Crippen LogP contribution is 2.11. The second-order valence-electron chi connectivity index (χ2n) is 2.81. The van der Waals surface area contributed by atoms with Gasteiger partial charge in [0, 0.05) is 5.56 Å². The average molecular weight is 210 g/mol. The van der Waals surface area contributed by atoms with E-state index in [-0.39, 0.29) is 18.2 Å². The molecule has 0 spiro atoms. The molecular formula is C10H11FN2O2. The summed E-state index contributed by atoms with van der Waals surface area (Å²) >= 11 is 0. The molecule has 0 aliphatic heterocycles. The lowest BCUT2D eigenvalue weighted by molar-refractivity contribution is -0.139. The molecule has 0 aromatic carbocycles. The Balaban J connectivity index is 2.71. The van der Waals surface area contributed by atoms with Crippen LogP contribution in [0, 0.1) is 5.82 Å². The normalized spacial score (nSPS) is 10.5. The van der Waals surface area contributed by atoms with Gasteiger partial charge in [-0.3, -0.25) is 4.79 Å². The van der Waals surface area contributed by atoms with Crippen molar-refractivity contribution in [2.45, 2.75) is 6.42 Å². The van der Waals surface area contributed by atoms with Gasteiger partial charge >= 0.3 is 5.97 Å². The molecular weight excluding hydrogens is 199 g/mol. The number of hydrogen-bond acceptors (Lipinski definition) is 4. The lowest BCUT2D eigenvalue weighted by Crippen LogP contribution is -1.97. The molecule has 0 aliphatic rings. The Morgan fingerprint density at radius 1 is 1.73 bits per heavy atom. The summed E-state index contributed by atoms with van der Waals surface area (Å²) in [5.41, 5.74) is 5.94. The Morgan fingerprint density at radius 3 is 3.13 bits per heavy atom. The number of hydrogen-bond donors (Lipinski definition) is 1. The van der Waals surface area contributed by atoms with Gasteiger partial charge in [0.1, 0.15) is 11.6 Å². The third-order valence-corrected chi connectivity index (χ3v) is 1.73. The first-order valence-electron chi connectivity index (χ1n) is 4.28. The van der Waals surface area contributed by atoms with E-state index >= 15 is 0 Å². The number of carbonyl (C=O) groups excluding carboxylic acids is 1. The molecule has 0 atom stereocenters. The van der Waals surface area contributed by atoms with E-state index < -0.39 is 5.82 Å². The summed E-state index contributed by atoms with van der Waals surface area (Å²) in [6.45, 7) is 0. The number of ether oxygens (including phenoxy) is 1. The Morgan fingerprint density at radius 2 is 2.47 bits per heavy atom. The summed E-state index contributed by atoms with van der Waals surface area (Å²) < 4.78 is 17.2. The van der Waals surface area contributed by atoms with Crippen LogP contribution in [-0.4, -0.2) is 18.1 Å². The fourth-order valence-electron chi connectivity index (χ4n) is 0.964. The van der Waals surface area contributed by atoms with E-state index in [4.69, 9.17) is 5.73 Å². The second kappa shape index (κ2) is 5.09. The standard InChI is InChI=1S/C10H11FN2O2/c1-15-9(14)4-2-3-7-5-8(11)6-13-10(7)12/h2-3,5-6H,4H2,1H3,(H2,12,13). The summed E-state index contributed by atoms with van der Waals surface area (Å²) in [5.74, 6) is -0.617. The van der Waals surface area contributed by atoms with Crippen LogP contribution < -0.4 is 5.73 Å². The molecule has 15 heavy (non-hydrogen) atoms. The van der Waals surface area contributed by atoms with Crippen LogP contribution in [0.4, 0.5) is 10.2 Å². The highest BCUT2D eigenvalue weighted by atomic mass is 19.1. The highest BCUT2D eigenvalue weighted by molar-refractivity contribution is 5.73. The smallest absolute Gasteiger partial charge is 0.309 e. The zero-order valence-corrected chi connectivity index (χ0v) is 8.24. The van der Waals surface area contributed by atoms with Crippen LogP contribution in [0.1, 0.15) is 12.0 Å². The van der Waals surface area contributed by atoms with Gasteiger partial charge in [0.2, 0.25) is 0 Å². The Bertz CT molecular complexity index is 391. The van der Waals surface area contributed by atoms with Gasteiger partial charge in [-0.2, -0.15) is 0 Å². The van der Waals surface area contributed by atoms with Gasteiger partial charge in [0.25, 0.3) is 0 Å². The third-order valence-electron chi connectivity index (χ3n) is 1.73. The van der Waals surface area contributed by atoms with E-state index in [1.807, 2.05) is 0 Å². The zero-order valence-electron chi connectivity index (χ0n) is 8.24. The molecule has 5 heteroatoms. The summed E-state index contributed by atoms with van der Waals surface area (Å²) in [6, 6.07) is 1.25. The minimum Gasteiger partial charge on any atom is -0.469 e. The number of methoxy groups -OCH3 is 1. The van der Waals surface area contributed by atoms with Crippen molar-refractivity contribution in [1.29, 1.82) is 0 Å². The fourth-order valence-corrected chi connectivity index (χ4v) is 0.964. The molecule has 0 saturated carbocycles. The summed E-state index contributed by atoms with van der Waals surface area (Å²) in [5, 5.41) is 0. The van der Waals surface area contributed by atoms with Crippen LogP contribution in [0.15, 0.2) is 18.3 Å². The number of pyridine rings is 1. The molecule has 0 fully saturated rings. The molecule has 0 aliphatic carbocycles. The first-order chi connectivity index (χ1) is 7.13. The first-order valence-corrected chi connectivity index (χ1v) is 4.28. The van der Waals surface area contributed by atoms with Crippen molar-refractivity contribution in [3.05, 3.63) is 29.7 Å². The van der Waals surface area contributed by atoms with Gasteiger partial charge in [-0.1, -0.05) is 12.2 Å². The lowest BCUT2D eigenvalue weighted by atomic mass is 10.2. The van der Waals surface area contributed by atoms with E-state index in [1.54, 1.807) is 6.08 Å². The quantitative estimate of drug-likeness (QED) is 0.765. The minimum absolute atomic E-state index is 0.118. The summed E-state index contributed by atoms with van der Waals surface area (Å²) in [4.78, 5) is 14.4. The van der Waals surface area contributed by atoms with Crippen LogP contribution in [0.5, 0.6) is 0 Å². The fraction of sp³-hybridized carbons (Fsp3) is 0.200. The number of aromatic nitrogens is 1. The SMILES string of the molecule is COC(=O)CC=Cc1cc(F)cnc1N. The molecule has 0 bridgehead atoms. The van der Waals surface area contributed by atoms with Crippen LogP contribution in [0.25, 0.3) is 6.08 Å². The van der Waals surface area contributed by atoms with Crippen molar-refractivity contribution in [2.24, 2.45) is 0 Å². The van der Waals surface area contributed by atoms with Crippen LogP contribution >= 0.6 is 0 Å². The largest absolute Gasteiger partial charge is 0.469 e. The van der Waals surface area contributed by atoms with Gasteiger partial charge in [0.05, 0.1) is 19.7 Å². The van der Waals surface area contributed by atoms with Crippen LogP contribution in [0.2, 0.25) is 0 Å². The minimum atomic E-state index is -0.470. The molecule has 1 heterocycles. The Hall–Kier alpha value is -1.91. The maximum Gasteiger partial charge on any atom is 0.309 e. The number of halogens is 1. The molecule has 0 unspecified atom stereocenters. The van der Waals surface area contributed by atoms with Crippen LogP contribution in [0.3, 0.4) is 0 Å². The van der Waals surface area contributed by atoms with E-state index in [1.165, 1.54) is 19.3 Å². The van der Waals surface area contributed by atoms with Crippen LogP contribution in [-0.2, 0) is 9.53 Å². The summed E-state index contributed by atoms with van der Waals surface area (Å²) in [7, 11) is 1.30. The molecule has 1 rings (SSSR count). The number of carbonyl (C=O) groups is 1. The van der Waals surface area contributed by atoms with Gasteiger partial charge in [-0.15, -0.1) is 0 Å². The molecule has 2 N–H and O–H groups in total. The van der Waals surface area contributed by atoms with Crippen molar-refractivity contribution in [3.8, 4) is 0 Å². The molecule has 1 aromatic rings. The topological polar surface area (TPSA) is 65.2 Å². The maximum atomic E-state index is 12.8. The predicted molar refractivity (Wildman–Crippen MR) is 54.3 cm³/mol. The zero-order chi connectivity index (χ0) is 11.3. The van der Waals surface area contributed by atoms with Gasteiger partial charge < -0.3 is 10.5 Å². The molecule has 0 radical (unpaired) electrons. The predicted octanol–water partition coefficient (Wildman–Crippen LogP) is 1.38. The number of nitrogens with zero attached hydrogens (tertiary/aromatic N) is 1. The Kier molecular flexibility index (Phi) is 3.79. The second-order valence-corrected chi connectivity index (χ2v) is 2.81. The van der Waals surface area contributed by atoms with Crippen molar-refractivity contribution >= 4 is 17.9 Å². The molecule has 4 nitrogen and oxygen atoms in total. The monoisotopic (exact) mass is 210 g/mol. The van der Waals surface area contributed by atoms with E-state index in [0.717, 1.165) is 6.20 Å². The van der Waals surface area contributed by atoms with Gasteiger partial charge in [-0.05, 0) is 6.07 Å². The number of nitrogens with two attached hydrogens (primary N) is 1. The van der Waals surface area contributed by atoms with Crippen molar-refractivity contribution < 1.29 is 13.9 Å². The number of anilines is 1. The van der Waals surface area contributed by atoms with Crippen molar-refractivity contribution in [1.82, 2.24) is 4.98 Å². The van der Waals surface area contributed by atoms with E-state index in [9.17, 15) is 9.18 Å². The van der Waals surface area contributed by atoms with Crippen molar-refractivity contribution in [2.75, 3.05) is 12.8 Å². The van der Waals surface area contributed by atoms with E-state index in [0.29, 0.717) is 5.56 Å². The van der Waals surface area contributed by atoms with Gasteiger partial charge in [-0.25, -0.2) is 9.37 Å². The number of rotatable bonds is 3. The number of esters is 1. The molecule has 0 saturated heterocycles. The highest BCUT2D eigenvalue weighted by Gasteiger charge is 1.99. The molecule has 0 amide bonds. The number of nitrogen functional groups attached to an aromatic ring is 1. The third kappa shape index (κ3) is 3.38.